The van der Waals surface area contributed by atoms with E-state index in [-0.39, 0.29) is 24.2 Å². The van der Waals surface area contributed by atoms with Gasteiger partial charge in [0.15, 0.2) is 0 Å². The number of benzene rings is 2. The molecule has 3 aromatic rings. The lowest BCUT2D eigenvalue weighted by molar-refractivity contribution is -0.137. The Kier molecular flexibility index (Phi) is 4.96. The molecule has 0 saturated heterocycles. The van der Waals surface area contributed by atoms with Crippen molar-refractivity contribution >= 4 is 0 Å². The van der Waals surface area contributed by atoms with Crippen LogP contribution in [-0.4, -0.2) is 21.4 Å². The second-order valence-electron chi connectivity index (χ2n) is 6.97. The standard InChI is InChI=1S/C21H17F4N3O/c22-17-7-6-15(21(23,24)25)10-14(17)11-28-9-8-16-18(12-28)26-19(27-20(16)29)13-4-2-1-3-5-13/h1-7,10H,8-9,11-12H2,(H,26,27,29). The smallest absolute Gasteiger partial charge is 0.306 e. The van der Waals surface area contributed by atoms with Crippen molar-refractivity contribution in [3.05, 3.63) is 87.1 Å². The molecule has 2 heterocycles. The Hall–Kier alpha value is -3.00. The first-order valence-corrected chi connectivity index (χ1v) is 9.07. The predicted octanol–water partition coefficient (Wildman–Crippen LogP) is 4.15. The van der Waals surface area contributed by atoms with Crippen LogP contribution in [0.15, 0.2) is 53.3 Å². The van der Waals surface area contributed by atoms with Crippen molar-refractivity contribution in [2.24, 2.45) is 0 Å². The maximum absolute atomic E-state index is 14.1. The molecule has 0 spiro atoms. The third kappa shape index (κ3) is 4.07. The summed E-state index contributed by atoms with van der Waals surface area (Å²) in [7, 11) is 0. The van der Waals surface area contributed by atoms with Gasteiger partial charge in [0.25, 0.3) is 5.56 Å². The summed E-state index contributed by atoms with van der Waals surface area (Å²) in [6.07, 6.45) is -4.14. The molecule has 2 aromatic carbocycles. The first-order chi connectivity index (χ1) is 13.8. The van der Waals surface area contributed by atoms with Crippen LogP contribution in [0.2, 0.25) is 0 Å². The Bertz CT molecular complexity index is 1090. The summed E-state index contributed by atoms with van der Waals surface area (Å²) in [5.41, 5.74) is 0.743. The fraction of sp³-hybridized carbons (Fsp3) is 0.238. The molecule has 8 heteroatoms. The van der Waals surface area contributed by atoms with Crippen molar-refractivity contribution in [2.45, 2.75) is 25.7 Å². The minimum atomic E-state index is -4.53. The average Bonchev–Trinajstić information content (AvgIpc) is 2.69. The van der Waals surface area contributed by atoms with Crippen molar-refractivity contribution in [3.8, 4) is 11.4 Å². The quantitative estimate of drug-likeness (QED) is 0.669. The third-order valence-corrected chi connectivity index (χ3v) is 4.97. The van der Waals surface area contributed by atoms with Crippen LogP contribution in [0.1, 0.15) is 22.4 Å². The van der Waals surface area contributed by atoms with Gasteiger partial charge in [0.1, 0.15) is 11.6 Å². The van der Waals surface area contributed by atoms with Crippen LogP contribution in [0.5, 0.6) is 0 Å². The van der Waals surface area contributed by atoms with Crippen LogP contribution in [0.3, 0.4) is 0 Å². The topological polar surface area (TPSA) is 49.0 Å². The second-order valence-corrected chi connectivity index (χ2v) is 6.97. The van der Waals surface area contributed by atoms with Gasteiger partial charge >= 0.3 is 6.18 Å². The zero-order chi connectivity index (χ0) is 20.6. The molecule has 29 heavy (non-hydrogen) atoms. The van der Waals surface area contributed by atoms with Crippen molar-refractivity contribution in [1.29, 1.82) is 0 Å². The number of aromatic amines is 1. The second kappa shape index (κ2) is 7.44. The van der Waals surface area contributed by atoms with Crippen LogP contribution in [0.25, 0.3) is 11.4 Å². The molecule has 1 aliphatic heterocycles. The van der Waals surface area contributed by atoms with E-state index in [9.17, 15) is 22.4 Å². The highest BCUT2D eigenvalue weighted by molar-refractivity contribution is 5.54. The van der Waals surface area contributed by atoms with E-state index in [4.69, 9.17) is 0 Å². The number of nitrogens with one attached hydrogen (secondary N) is 1. The number of fused-ring (bicyclic) bond motifs is 1. The SMILES string of the molecule is O=c1[nH]c(-c2ccccc2)nc2c1CCN(Cc1cc(C(F)(F)F)ccc1F)C2. The Morgan fingerprint density at radius 2 is 1.86 bits per heavy atom. The Labute approximate surface area is 163 Å². The fourth-order valence-electron chi connectivity index (χ4n) is 3.47. The van der Waals surface area contributed by atoms with Gasteiger partial charge in [-0.3, -0.25) is 9.69 Å². The summed E-state index contributed by atoms with van der Waals surface area (Å²) in [6, 6.07) is 11.6. The van der Waals surface area contributed by atoms with Gasteiger partial charge < -0.3 is 4.98 Å². The highest BCUT2D eigenvalue weighted by atomic mass is 19.4. The van der Waals surface area contributed by atoms with Gasteiger partial charge in [-0.05, 0) is 24.6 Å². The Morgan fingerprint density at radius 1 is 1.10 bits per heavy atom. The zero-order valence-electron chi connectivity index (χ0n) is 15.3. The summed E-state index contributed by atoms with van der Waals surface area (Å²) in [5.74, 6) is -0.255. The lowest BCUT2D eigenvalue weighted by atomic mass is 10.0. The molecular weight excluding hydrogens is 386 g/mol. The molecule has 4 nitrogen and oxygen atoms in total. The van der Waals surface area contributed by atoms with Crippen molar-refractivity contribution in [1.82, 2.24) is 14.9 Å². The van der Waals surface area contributed by atoms with E-state index >= 15 is 0 Å². The van der Waals surface area contributed by atoms with Crippen molar-refractivity contribution in [2.75, 3.05) is 6.54 Å². The molecule has 0 radical (unpaired) electrons. The minimum Gasteiger partial charge on any atom is -0.306 e. The number of halogens is 4. The largest absolute Gasteiger partial charge is 0.416 e. The van der Waals surface area contributed by atoms with Crippen LogP contribution in [-0.2, 0) is 25.7 Å². The van der Waals surface area contributed by atoms with Crippen LogP contribution >= 0.6 is 0 Å². The normalized spacial score (nSPS) is 14.6. The van der Waals surface area contributed by atoms with Gasteiger partial charge in [0.2, 0.25) is 0 Å². The number of rotatable bonds is 3. The Balaban J connectivity index is 1.61. The van der Waals surface area contributed by atoms with E-state index in [2.05, 4.69) is 9.97 Å². The number of hydrogen-bond donors (Lipinski definition) is 1. The molecule has 1 N–H and O–H groups in total. The Morgan fingerprint density at radius 3 is 2.59 bits per heavy atom. The number of nitrogens with zero attached hydrogens (tertiary/aromatic N) is 2. The summed E-state index contributed by atoms with van der Waals surface area (Å²) in [6.45, 7) is 0.692. The summed E-state index contributed by atoms with van der Waals surface area (Å²) >= 11 is 0. The molecule has 150 valence electrons. The molecule has 0 aliphatic carbocycles. The zero-order valence-corrected chi connectivity index (χ0v) is 15.3. The number of hydrogen-bond acceptors (Lipinski definition) is 3. The van der Waals surface area contributed by atoms with Gasteiger partial charge in [-0.15, -0.1) is 0 Å². The van der Waals surface area contributed by atoms with Gasteiger partial charge in [0, 0.05) is 36.3 Å². The third-order valence-electron chi connectivity index (χ3n) is 4.97. The highest BCUT2D eigenvalue weighted by Crippen LogP contribution is 2.31. The van der Waals surface area contributed by atoms with Gasteiger partial charge in [-0.1, -0.05) is 30.3 Å². The number of aromatic nitrogens is 2. The maximum atomic E-state index is 14.1. The van der Waals surface area contributed by atoms with Crippen LogP contribution < -0.4 is 5.56 Å². The van der Waals surface area contributed by atoms with E-state index in [0.717, 1.165) is 23.8 Å². The number of alkyl halides is 3. The van der Waals surface area contributed by atoms with Crippen LogP contribution in [0, 0.1) is 5.82 Å². The van der Waals surface area contributed by atoms with Crippen LogP contribution in [0.4, 0.5) is 17.6 Å². The molecular formula is C21H17F4N3O. The molecule has 0 fully saturated rings. The minimum absolute atomic E-state index is 0.00431. The molecule has 0 unspecified atom stereocenters. The molecule has 1 aromatic heterocycles. The van der Waals surface area contributed by atoms with E-state index in [1.54, 1.807) is 4.90 Å². The van der Waals surface area contributed by atoms with E-state index in [1.165, 1.54) is 0 Å². The number of H-pyrrole nitrogens is 1. The van der Waals surface area contributed by atoms with Gasteiger partial charge in [-0.25, -0.2) is 9.37 Å². The highest BCUT2D eigenvalue weighted by Gasteiger charge is 2.31. The van der Waals surface area contributed by atoms with Crippen molar-refractivity contribution < 1.29 is 17.6 Å². The summed E-state index contributed by atoms with van der Waals surface area (Å²) in [5, 5.41) is 0. The summed E-state index contributed by atoms with van der Waals surface area (Å²) < 4.78 is 52.9. The van der Waals surface area contributed by atoms with Crippen molar-refractivity contribution in [3.63, 3.8) is 0 Å². The fourth-order valence-corrected chi connectivity index (χ4v) is 3.47. The lowest BCUT2D eigenvalue weighted by Gasteiger charge is -2.28. The average molecular weight is 403 g/mol. The molecule has 1 aliphatic rings. The lowest BCUT2D eigenvalue weighted by Crippen LogP contribution is -2.35. The van der Waals surface area contributed by atoms with Gasteiger partial charge in [-0.2, -0.15) is 13.2 Å². The van der Waals surface area contributed by atoms with E-state index in [0.29, 0.717) is 30.0 Å². The predicted molar refractivity (Wildman–Crippen MR) is 99.5 cm³/mol. The first-order valence-electron chi connectivity index (χ1n) is 9.07. The van der Waals surface area contributed by atoms with Gasteiger partial charge in [0.05, 0.1) is 11.3 Å². The maximum Gasteiger partial charge on any atom is 0.416 e. The molecule has 4 rings (SSSR count). The van der Waals surface area contributed by atoms with E-state index in [1.807, 2.05) is 30.3 Å². The van der Waals surface area contributed by atoms with E-state index < -0.39 is 17.6 Å². The molecule has 0 amide bonds. The first kappa shape index (κ1) is 19.3. The summed E-state index contributed by atoms with van der Waals surface area (Å²) in [4.78, 5) is 21.6. The molecule has 0 atom stereocenters. The monoisotopic (exact) mass is 403 g/mol. The molecule has 0 saturated carbocycles. The molecule has 0 bridgehead atoms.